The molecular weight excluding hydrogens is 266 g/mol. The van der Waals surface area contributed by atoms with Gasteiger partial charge in [-0.05, 0) is 50.9 Å². The molecular formula is C16H25N3O2. The van der Waals surface area contributed by atoms with E-state index in [1.807, 2.05) is 36.2 Å². The molecule has 0 bridgehead atoms. The summed E-state index contributed by atoms with van der Waals surface area (Å²) in [5, 5.41) is 6.13. The molecule has 1 aliphatic heterocycles. The lowest BCUT2D eigenvalue weighted by atomic mass is 9.94. The first kappa shape index (κ1) is 15.6. The van der Waals surface area contributed by atoms with Crippen LogP contribution in [0.2, 0.25) is 0 Å². The van der Waals surface area contributed by atoms with Gasteiger partial charge in [-0.1, -0.05) is 12.1 Å². The molecule has 0 atom stereocenters. The molecule has 1 aliphatic rings. The Morgan fingerprint density at radius 2 is 2.05 bits per heavy atom. The largest absolute Gasteiger partial charge is 0.495 e. The number of urea groups is 1. The van der Waals surface area contributed by atoms with Gasteiger partial charge in [0.25, 0.3) is 0 Å². The van der Waals surface area contributed by atoms with Gasteiger partial charge in [0.2, 0.25) is 0 Å². The molecule has 0 unspecified atom stereocenters. The summed E-state index contributed by atoms with van der Waals surface area (Å²) < 4.78 is 5.25. The van der Waals surface area contributed by atoms with Gasteiger partial charge >= 0.3 is 6.03 Å². The Morgan fingerprint density at radius 1 is 1.33 bits per heavy atom. The predicted octanol–water partition coefficient (Wildman–Crippen LogP) is 2.55. The molecule has 2 amide bonds. The Kier molecular flexibility index (Phi) is 5.87. The number of nitrogens with zero attached hydrogens (tertiary/aromatic N) is 1. The van der Waals surface area contributed by atoms with E-state index in [2.05, 4.69) is 10.6 Å². The van der Waals surface area contributed by atoms with Gasteiger partial charge in [-0.3, -0.25) is 0 Å². The fourth-order valence-corrected chi connectivity index (χ4v) is 2.72. The number of para-hydroxylation sites is 2. The third kappa shape index (κ3) is 4.36. The number of ether oxygens (including phenoxy) is 1. The van der Waals surface area contributed by atoms with Crippen LogP contribution in [0.5, 0.6) is 5.75 Å². The van der Waals surface area contributed by atoms with E-state index in [0.717, 1.165) is 44.1 Å². The monoisotopic (exact) mass is 291 g/mol. The van der Waals surface area contributed by atoms with Crippen LogP contribution in [-0.4, -0.2) is 44.7 Å². The average molecular weight is 291 g/mol. The first-order chi connectivity index (χ1) is 10.2. The molecule has 116 valence electrons. The molecule has 1 fully saturated rings. The molecule has 1 aromatic rings. The summed E-state index contributed by atoms with van der Waals surface area (Å²) in [6.45, 7) is 2.71. The number of piperidine rings is 1. The van der Waals surface area contributed by atoms with Crippen LogP contribution < -0.4 is 15.4 Å². The zero-order chi connectivity index (χ0) is 15.1. The van der Waals surface area contributed by atoms with Crippen LogP contribution in [0.4, 0.5) is 10.5 Å². The molecule has 0 aromatic heterocycles. The minimum atomic E-state index is -0.0356. The maximum Gasteiger partial charge on any atom is 0.321 e. The van der Waals surface area contributed by atoms with Crippen molar-refractivity contribution < 1.29 is 9.53 Å². The SMILES string of the molecule is CNCCC1CCN(C(=O)Nc2ccccc2OC)CC1. The van der Waals surface area contributed by atoms with Crippen molar-refractivity contribution in [3.63, 3.8) is 0 Å². The first-order valence-corrected chi connectivity index (χ1v) is 7.58. The second kappa shape index (κ2) is 7.88. The van der Waals surface area contributed by atoms with E-state index >= 15 is 0 Å². The quantitative estimate of drug-likeness (QED) is 0.876. The van der Waals surface area contributed by atoms with Gasteiger partial charge in [0.1, 0.15) is 5.75 Å². The Morgan fingerprint density at radius 3 is 2.71 bits per heavy atom. The molecule has 1 aromatic carbocycles. The molecule has 0 saturated carbocycles. The van der Waals surface area contributed by atoms with E-state index in [1.165, 1.54) is 6.42 Å². The van der Waals surface area contributed by atoms with Crippen LogP contribution in [-0.2, 0) is 0 Å². The first-order valence-electron chi connectivity index (χ1n) is 7.58. The summed E-state index contributed by atoms with van der Waals surface area (Å²) in [7, 11) is 3.59. The summed E-state index contributed by atoms with van der Waals surface area (Å²) in [5.74, 6) is 1.42. The molecule has 0 spiro atoms. The van der Waals surface area contributed by atoms with Gasteiger partial charge in [-0.25, -0.2) is 4.79 Å². The summed E-state index contributed by atoms with van der Waals surface area (Å²) in [6.07, 6.45) is 3.36. The number of amides is 2. The lowest BCUT2D eigenvalue weighted by molar-refractivity contribution is 0.180. The van der Waals surface area contributed by atoms with Crippen molar-refractivity contribution in [2.45, 2.75) is 19.3 Å². The normalized spacial score (nSPS) is 15.8. The Labute approximate surface area is 126 Å². The average Bonchev–Trinajstić information content (AvgIpc) is 2.54. The number of anilines is 1. The van der Waals surface area contributed by atoms with Crippen LogP contribution in [0.25, 0.3) is 0 Å². The molecule has 5 nitrogen and oxygen atoms in total. The Hall–Kier alpha value is -1.75. The molecule has 1 saturated heterocycles. The third-order valence-corrected chi connectivity index (χ3v) is 4.05. The Bertz CT molecular complexity index is 457. The van der Waals surface area contributed by atoms with E-state index in [-0.39, 0.29) is 6.03 Å². The fraction of sp³-hybridized carbons (Fsp3) is 0.562. The molecule has 0 radical (unpaired) electrons. The van der Waals surface area contributed by atoms with Gasteiger partial charge in [0.05, 0.1) is 12.8 Å². The smallest absolute Gasteiger partial charge is 0.321 e. The fourth-order valence-electron chi connectivity index (χ4n) is 2.72. The standard InChI is InChI=1S/C16H25N3O2/c1-17-10-7-13-8-11-19(12-9-13)16(20)18-14-5-3-4-6-15(14)21-2/h3-6,13,17H,7-12H2,1-2H3,(H,18,20). The molecule has 2 N–H and O–H groups in total. The number of hydrogen-bond acceptors (Lipinski definition) is 3. The van der Waals surface area contributed by atoms with Crippen molar-refractivity contribution in [3.05, 3.63) is 24.3 Å². The van der Waals surface area contributed by atoms with Crippen molar-refractivity contribution in [3.8, 4) is 5.75 Å². The maximum atomic E-state index is 12.3. The molecule has 2 rings (SSSR count). The molecule has 0 aliphatic carbocycles. The number of methoxy groups -OCH3 is 1. The lowest BCUT2D eigenvalue weighted by Gasteiger charge is -2.32. The highest BCUT2D eigenvalue weighted by atomic mass is 16.5. The van der Waals surface area contributed by atoms with Crippen LogP contribution in [0.15, 0.2) is 24.3 Å². The van der Waals surface area contributed by atoms with Crippen LogP contribution in [0.3, 0.4) is 0 Å². The van der Waals surface area contributed by atoms with Crippen LogP contribution in [0, 0.1) is 5.92 Å². The summed E-state index contributed by atoms with van der Waals surface area (Å²) >= 11 is 0. The van der Waals surface area contributed by atoms with Gasteiger partial charge in [0, 0.05) is 13.1 Å². The highest BCUT2D eigenvalue weighted by molar-refractivity contribution is 5.91. The second-order valence-corrected chi connectivity index (χ2v) is 5.45. The van der Waals surface area contributed by atoms with Crippen molar-refractivity contribution >= 4 is 11.7 Å². The van der Waals surface area contributed by atoms with Gasteiger partial charge in [0.15, 0.2) is 0 Å². The number of likely N-dealkylation sites (tertiary alicyclic amines) is 1. The van der Waals surface area contributed by atoms with Crippen molar-refractivity contribution in [1.29, 1.82) is 0 Å². The summed E-state index contributed by atoms with van der Waals surface area (Å²) in [4.78, 5) is 14.2. The number of carbonyl (C=O) groups excluding carboxylic acids is 1. The lowest BCUT2D eigenvalue weighted by Crippen LogP contribution is -2.41. The van der Waals surface area contributed by atoms with E-state index in [0.29, 0.717) is 5.75 Å². The summed E-state index contributed by atoms with van der Waals surface area (Å²) in [6, 6.07) is 7.45. The highest BCUT2D eigenvalue weighted by Crippen LogP contribution is 2.25. The van der Waals surface area contributed by atoms with Gasteiger partial charge in [-0.15, -0.1) is 0 Å². The van der Waals surface area contributed by atoms with Crippen LogP contribution in [0.1, 0.15) is 19.3 Å². The van der Waals surface area contributed by atoms with E-state index < -0.39 is 0 Å². The number of carbonyl (C=O) groups is 1. The minimum absolute atomic E-state index is 0.0356. The maximum absolute atomic E-state index is 12.3. The molecule has 5 heteroatoms. The number of nitrogens with one attached hydrogen (secondary N) is 2. The second-order valence-electron chi connectivity index (χ2n) is 5.45. The topological polar surface area (TPSA) is 53.6 Å². The molecule has 1 heterocycles. The number of hydrogen-bond donors (Lipinski definition) is 2. The zero-order valence-corrected chi connectivity index (χ0v) is 12.9. The predicted molar refractivity (Wildman–Crippen MR) is 84.9 cm³/mol. The van der Waals surface area contributed by atoms with Crippen molar-refractivity contribution in [2.24, 2.45) is 5.92 Å². The van der Waals surface area contributed by atoms with Gasteiger partial charge in [-0.2, -0.15) is 0 Å². The van der Waals surface area contributed by atoms with E-state index in [1.54, 1.807) is 7.11 Å². The number of benzene rings is 1. The zero-order valence-electron chi connectivity index (χ0n) is 12.9. The van der Waals surface area contributed by atoms with E-state index in [9.17, 15) is 4.79 Å². The summed E-state index contributed by atoms with van der Waals surface area (Å²) in [5.41, 5.74) is 0.724. The molecule has 21 heavy (non-hydrogen) atoms. The van der Waals surface area contributed by atoms with E-state index in [4.69, 9.17) is 4.74 Å². The Balaban J connectivity index is 1.85. The number of rotatable bonds is 5. The van der Waals surface area contributed by atoms with Crippen molar-refractivity contribution in [1.82, 2.24) is 10.2 Å². The third-order valence-electron chi connectivity index (χ3n) is 4.05. The minimum Gasteiger partial charge on any atom is -0.495 e. The van der Waals surface area contributed by atoms with Gasteiger partial charge < -0.3 is 20.3 Å². The highest BCUT2D eigenvalue weighted by Gasteiger charge is 2.22. The van der Waals surface area contributed by atoms with Crippen LogP contribution >= 0.6 is 0 Å². The van der Waals surface area contributed by atoms with Crippen molar-refractivity contribution in [2.75, 3.05) is 39.1 Å².